The maximum absolute atomic E-state index is 12.3. The van der Waals surface area contributed by atoms with Gasteiger partial charge in [0.15, 0.2) is 12.4 Å². The zero-order valence-corrected chi connectivity index (χ0v) is 16.3. The SMILES string of the molecule is Cc1cccc(C)c1NC(=O)CN(C)C(=O)COc1ccc(C=O)cc1[N+](=O)[O-]. The molecule has 0 atom stereocenters. The van der Waals surface area contributed by atoms with Gasteiger partial charge >= 0.3 is 5.69 Å². The van der Waals surface area contributed by atoms with Gasteiger partial charge in [-0.15, -0.1) is 0 Å². The van der Waals surface area contributed by atoms with Crippen molar-refractivity contribution < 1.29 is 24.0 Å². The first-order valence-corrected chi connectivity index (χ1v) is 8.69. The molecular weight excluding hydrogens is 378 g/mol. The van der Waals surface area contributed by atoms with Gasteiger partial charge in [0.25, 0.3) is 5.91 Å². The van der Waals surface area contributed by atoms with Crippen LogP contribution in [0.25, 0.3) is 0 Å². The van der Waals surface area contributed by atoms with E-state index in [4.69, 9.17) is 4.74 Å². The van der Waals surface area contributed by atoms with Crippen LogP contribution in [0.4, 0.5) is 11.4 Å². The molecule has 9 heteroatoms. The van der Waals surface area contributed by atoms with Crippen LogP contribution in [0.5, 0.6) is 5.75 Å². The molecule has 2 aromatic carbocycles. The summed E-state index contributed by atoms with van der Waals surface area (Å²) in [5, 5.41) is 13.9. The van der Waals surface area contributed by atoms with E-state index >= 15 is 0 Å². The Hall–Kier alpha value is -3.75. The summed E-state index contributed by atoms with van der Waals surface area (Å²) >= 11 is 0. The molecule has 0 saturated heterocycles. The van der Waals surface area contributed by atoms with Gasteiger partial charge in [-0.3, -0.25) is 24.5 Å². The van der Waals surface area contributed by atoms with Crippen molar-refractivity contribution in [3.63, 3.8) is 0 Å². The number of carbonyl (C=O) groups is 3. The van der Waals surface area contributed by atoms with Crippen molar-refractivity contribution in [3.8, 4) is 5.75 Å². The first-order valence-electron chi connectivity index (χ1n) is 8.69. The number of benzene rings is 2. The van der Waals surface area contributed by atoms with Crippen LogP contribution >= 0.6 is 0 Å². The van der Waals surface area contributed by atoms with E-state index in [1.165, 1.54) is 19.2 Å². The summed E-state index contributed by atoms with van der Waals surface area (Å²) < 4.78 is 5.24. The van der Waals surface area contributed by atoms with Crippen LogP contribution in [0.1, 0.15) is 21.5 Å². The van der Waals surface area contributed by atoms with E-state index in [9.17, 15) is 24.5 Å². The number of aldehydes is 1. The van der Waals surface area contributed by atoms with Crippen molar-refractivity contribution in [2.75, 3.05) is 25.5 Å². The van der Waals surface area contributed by atoms with Crippen molar-refractivity contribution in [2.45, 2.75) is 13.8 Å². The largest absolute Gasteiger partial charge is 0.477 e. The fourth-order valence-electron chi connectivity index (χ4n) is 2.62. The Morgan fingerprint density at radius 3 is 2.45 bits per heavy atom. The molecule has 0 aliphatic heterocycles. The van der Waals surface area contributed by atoms with Crippen LogP contribution in [-0.4, -0.2) is 48.1 Å². The summed E-state index contributed by atoms with van der Waals surface area (Å²) in [6.45, 7) is 3.04. The zero-order chi connectivity index (χ0) is 21.6. The lowest BCUT2D eigenvalue weighted by Crippen LogP contribution is -2.37. The van der Waals surface area contributed by atoms with Crippen molar-refractivity contribution in [3.05, 3.63) is 63.2 Å². The van der Waals surface area contributed by atoms with Crippen LogP contribution in [0.2, 0.25) is 0 Å². The highest BCUT2D eigenvalue weighted by Crippen LogP contribution is 2.27. The quantitative estimate of drug-likeness (QED) is 0.414. The number of hydrogen-bond donors (Lipinski definition) is 1. The number of nitro groups is 1. The summed E-state index contributed by atoms with van der Waals surface area (Å²) in [6, 6.07) is 9.29. The number of amides is 2. The van der Waals surface area contributed by atoms with Crippen LogP contribution in [0, 0.1) is 24.0 Å². The summed E-state index contributed by atoms with van der Waals surface area (Å²) in [4.78, 5) is 46.8. The van der Waals surface area contributed by atoms with E-state index in [2.05, 4.69) is 5.32 Å². The van der Waals surface area contributed by atoms with Gasteiger partial charge in [0.05, 0.1) is 11.5 Å². The van der Waals surface area contributed by atoms with Gasteiger partial charge in [0.2, 0.25) is 5.91 Å². The third-order valence-electron chi connectivity index (χ3n) is 4.22. The van der Waals surface area contributed by atoms with Gasteiger partial charge in [-0.1, -0.05) is 18.2 Å². The van der Waals surface area contributed by atoms with Crippen molar-refractivity contribution >= 4 is 29.5 Å². The molecular formula is C20H21N3O6. The lowest BCUT2D eigenvalue weighted by molar-refractivity contribution is -0.385. The van der Waals surface area contributed by atoms with E-state index in [0.29, 0.717) is 12.0 Å². The fourth-order valence-corrected chi connectivity index (χ4v) is 2.62. The number of para-hydroxylation sites is 1. The molecule has 0 aliphatic rings. The fraction of sp³-hybridized carbons (Fsp3) is 0.250. The molecule has 0 aromatic heterocycles. The maximum atomic E-state index is 12.3. The Morgan fingerprint density at radius 2 is 1.86 bits per heavy atom. The molecule has 0 radical (unpaired) electrons. The predicted molar refractivity (Wildman–Crippen MR) is 106 cm³/mol. The molecule has 0 fully saturated rings. The average molecular weight is 399 g/mol. The molecule has 0 aliphatic carbocycles. The molecule has 1 N–H and O–H groups in total. The highest BCUT2D eigenvalue weighted by molar-refractivity contribution is 5.95. The second kappa shape index (κ2) is 9.45. The van der Waals surface area contributed by atoms with Crippen LogP contribution < -0.4 is 10.1 Å². The minimum absolute atomic E-state index is 0.121. The zero-order valence-electron chi connectivity index (χ0n) is 16.3. The number of rotatable bonds is 8. The summed E-state index contributed by atoms with van der Waals surface area (Å²) in [5.41, 5.74) is 2.21. The van der Waals surface area contributed by atoms with Crippen molar-refractivity contribution in [1.82, 2.24) is 4.90 Å². The minimum Gasteiger partial charge on any atom is -0.477 e. The molecule has 0 spiro atoms. The number of aryl methyl sites for hydroxylation is 2. The normalized spacial score (nSPS) is 10.2. The van der Waals surface area contributed by atoms with Crippen molar-refractivity contribution in [1.29, 1.82) is 0 Å². The number of hydrogen-bond acceptors (Lipinski definition) is 6. The molecule has 0 unspecified atom stereocenters. The van der Waals surface area contributed by atoms with E-state index in [-0.39, 0.29) is 23.8 Å². The monoisotopic (exact) mass is 399 g/mol. The average Bonchev–Trinajstić information content (AvgIpc) is 2.68. The topological polar surface area (TPSA) is 119 Å². The van der Waals surface area contributed by atoms with Gasteiger partial charge in [0.1, 0.15) is 6.29 Å². The van der Waals surface area contributed by atoms with Gasteiger partial charge in [0, 0.05) is 24.4 Å². The number of likely N-dealkylation sites (N-methyl/N-ethyl adjacent to an activating group) is 1. The minimum atomic E-state index is -0.700. The first kappa shape index (κ1) is 21.5. The van der Waals surface area contributed by atoms with Crippen LogP contribution in [0.3, 0.4) is 0 Å². The Balaban J connectivity index is 1.97. The molecule has 2 amide bonds. The molecule has 29 heavy (non-hydrogen) atoms. The van der Waals surface area contributed by atoms with E-state index in [1.54, 1.807) is 0 Å². The van der Waals surface area contributed by atoms with Crippen molar-refractivity contribution in [2.24, 2.45) is 0 Å². The number of carbonyl (C=O) groups excluding carboxylic acids is 3. The number of anilines is 1. The molecule has 9 nitrogen and oxygen atoms in total. The van der Waals surface area contributed by atoms with Gasteiger partial charge in [-0.2, -0.15) is 0 Å². The van der Waals surface area contributed by atoms with E-state index in [1.807, 2.05) is 32.0 Å². The van der Waals surface area contributed by atoms with Crippen LogP contribution in [-0.2, 0) is 9.59 Å². The van der Waals surface area contributed by atoms with Crippen LogP contribution in [0.15, 0.2) is 36.4 Å². The Bertz CT molecular complexity index is 937. The lowest BCUT2D eigenvalue weighted by atomic mass is 10.1. The summed E-state index contributed by atoms with van der Waals surface area (Å²) in [7, 11) is 1.43. The number of nitro benzene ring substituents is 1. The summed E-state index contributed by atoms with van der Waals surface area (Å²) in [5.74, 6) is -1.04. The van der Waals surface area contributed by atoms with Gasteiger partial charge in [-0.25, -0.2) is 0 Å². The van der Waals surface area contributed by atoms with Gasteiger partial charge in [-0.05, 0) is 37.1 Å². The highest BCUT2D eigenvalue weighted by atomic mass is 16.6. The smallest absolute Gasteiger partial charge is 0.311 e. The third-order valence-corrected chi connectivity index (χ3v) is 4.22. The first-order chi connectivity index (χ1) is 13.7. The lowest BCUT2D eigenvalue weighted by Gasteiger charge is -2.18. The molecule has 2 rings (SSSR count). The summed E-state index contributed by atoms with van der Waals surface area (Å²) in [6.07, 6.45) is 0.477. The maximum Gasteiger partial charge on any atom is 0.311 e. The second-order valence-electron chi connectivity index (χ2n) is 6.46. The second-order valence-corrected chi connectivity index (χ2v) is 6.46. The Morgan fingerprint density at radius 1 is 1.21 bits per heavy atom. The predicted octanol–water partition coefficient (Wildman–Crippen LogP) is 2.50. The van der Waals surface area contributed by atoms with E-state index in [0.717, 1.165) is 22.1 Å². The molecule has 152 valence electrons. The van der Waals surface area contributed by atoms with E-state index < -0.39 is 23.1 Å². The molecule has 2 aromatic rings. The number of nitrogens with zero attached hydrogens (tertiary/aromatic N) is 2. The molecule has 0 bridgehead atoms. The highest BCUT2D eigenvalue weighted by Gasteiger charge is 2.19. The Kier molecular flexibility index (Phi) is 7.02. The Labute approximate surface area is 167 Å². The van der Waals surface area contributed by atoms with Gasteiger partial charge < -0.3 is 15.0 Å². The standard InChI is InChI=1S/C20H21N3O6/c1-13-5-4-6-14(2)20(13)21-18(25)10-22(3)19(26)12-29-17-8-7-15(11-24)9-16(17)23(27)28/h4-9,11H,10,12H2,1-3H3,(H,21,25). The molecule has 0 saturated carbocycles. The number of ether oxygens (including phenoxy) is 1. The number of nitrogens with one attached hydrogen (secondary N) is 1. The third kappa shape index (κ3) is 5.61. The molecule has 0 heterocycles.